The number of rotatable bonds is 7. The summed E-state index contributed by atoms with van der Waals surface area (Å²) in [7, 11) is 4.55. The predicted octanol–water partition coefficient (Wildman–Crippen LogP) is 4.42. The Morgan fingerprint density at radius 1 is 1.07 bits per heavy atom. The maximum absolute atomic E-state index is 12.9. The lowest BCUT2D eigenvalue weighted by Gasteiger charge is -2.40. The van der Waals surface area contributed by atoms with Gasteiger partial charge in [0, 0.05) is 11.5 Å². The Morgan fingerprint density at radius 3 is 2.24 bits per heavy atom. The number of benzene rings is 1. The summed E-state index contributed by atoms with van der Waals surface area (Å²) in [6.07, 6.45) is 3.25. The second kappa shape index (κ2) is 8.55. The van der Waals surface area contributed by atoms with Gasteiger partial charge in [-0.3, -0.25) is 4.79 Å². The van der Waals surface area contributed by atoms with Crippen LogP contribution < -0.4 is 9.47 Å². The van der Waals surface area contributed by atoms with Gasteiger partial charge < -0.3 is 19.3 Å². The summed E-state index contributed by atoms with van der Waals surface area (Å²) < 4.78 is 16.1. The average molecular weight is 400 g/mol. The second-order valence-corrected chi connectivity index (χ2v) is 7.49. The summed E-state index contributed by atoms with van der Waals surface area (Å²) in [6, 6.07) is 5.03. The SMILES string of the molecule is COC1=C(C)C(C(=O)O)=C(C)C(C)(C)C1C=CC(=O)c1cc(OC)ccc1OC. The van der Waals surface area contributed by atoms with Crippen LogP contribution in [0.25, 0.3) is 0 Å². The van der Waals surface area contributed by atoms with Crippen LogP contribution in [0.4, 0.5) is 0 Å². The quantitative estimate of drug-likeness (QED) is 0.539. The van der Waals surface area contributed by atoms with Crippen molar-refractivity contribution in [2.75, 3.05) is 21.3 Å². The first-order chi connectivity index (χ1) is 13.6. The Bertz CT molecular complexity index is 917. The Morgan fingerprint density at radius 2 is 1.72 bits per heavy atom. The summed E-state index contributed by atoms with van der Waals surface area (Å²) in [5.74, 6) is 0.0263. The van der Waals surface area contributed by atoms with Crippen molar-refractivity contribution in [3.8, 4) is 11.5 Å². The molecule has 1 aromatic carbocycles. The fourth-order valence-electron chi connectivity index (χ4n) is 3.73. The van der Waals surface area contributed by atoms with Crippen molar-refractivity contribution < 1.29 is 28.9 Å². The molecule has 1 unspecified atom stereocenters. The first kappa shape index (κ1) is 22.3. The van der Waals surface area contributed by atoms with E-state index in [2.05, 4.69) is 0 Å². The first-order valence-electron chi connectivity index (χ1n) is 9.24. The summed E-state index contributed by atoms with van der Waals surface area (Å²) in [4.78, 5) is 24.7. The lowest BCUT2D eigenvalue weighted by Crippen LogP contribution is -2.33. The minimum atomic E-state index is -0.984. The molecule has 0 aromatic heterocycles. The van der Waals surface area contributed by atoms with E-state index >= 15 is 0 Å². The van der Waals surface area contributed by atoms with Crippen LogP contribution in [-0.2, 0) is 9.53 Å². The van der Waals surface area contributed by atoms with Gasteiger partial charge in [-0.2, -0.15) is 0 Å². The number of carboxylic acid groups (broad SMARTS) is 1. The largest absolute Gasteiger partial charge is 0.500 e. The molecule has 1 aliphatic rings. The van der Waals surface area contributed by atoms with Crippen molar-refractivity contribution in [2.45, 2.75) is 27.7 Å². The van der Waals surface area contributed by atoms with E-state index in [9.17, 15) is 14.7 Å². The standard InChI is InChI=1S/C23H28O6/c1-13-20(22(25)26)14(2)23(3,4)17(21(13)29-7)9-10-18(24)16-12-15(27-5)8-11-19(16)28-6/h8-12,17H,1-7H3,(H,25,26). The third kappa shape index (κ3) is 4.06. The predicted molar refractivity (Wildman–Crippen MR) is 110 cm³/mol. The minimum absolute atomic E-state index is 0.240. The van der Waals surface area contributed by atoms with Crippen molar-refractivity contribution in [1.29, 1.82) is 0 Å². The van der Waals surface area contributed by atoms with Crippen LogP contribution in [0.5, 0.6) is 11.5 Å². The van der Waals surface area contributed by atoms with Crippen molar-refractivity contribution in [1.82, 2.24) is 0 Å². The summed E-state index contributed by atoms with van der Waals surface area (Å²) >= 11 is 0. The van der Waals surface area contributed by atoms with Gasteiger partial charge in [0.2, 0.25) is 0 Å². The zero-order chi connectivity index (χ0) is 21.9. The number of hydrogen-bond acceptors (Lipinski definition) is 5. The van der Waals surface area contributed by atoms with Crippen molar-refractivity contribution in [3.05, 3.63) is 58.4 Å². The number of ketones is 1. The van der Waals surface area contributed by atoms with Crippen LogP contribution in [0, 0.1) is 11.3 Å². The number of allylic oxidation sites excluding steroid dienone is 3. The van der Waals surface area contributed by atoms with Gasteiger partial charge in [0.05, 0.1) is 32.5 Å². The van der Waals surface area contributed by atoms with E-state index in [1.54, 1.807) is 31.2 Å². The molecule has 156 valence electrons. The fraction of sp³-hybridized carbons (Fsp3) is 0.391. The van der Waals surface area contributed by atoms with Gasteiger partial charge in [-0.05, 0) is 43.5 Å². The molecular weight excluding hydrogens is 372 g/mol. The summed E-state index contributed by atoms with van der Waals surface area (Å²) in [5, 5.41) is 9.64. The topological polar surface area (TPSA) is 82.1 Å². The highest BCUT2D eigenvalue weighted by Gasteiger charge is 2.41. The number of hydrogen-bond donors (Lipinski definition) is 1. The van der Waals surface area contributed by atoms with Crippen molar-refractivity contribution in [3.63, 3.8) is 0 Å². The van der Waals surface area contributed by atoms with E-state index in [0.717, 1.165) is 5.57 Å². The van der Waals surface area contributed by atoms with E-state index in [4.69, 9.17) is 14.2 Å². The van der Waals surface area contributed by atoms with Crippen LogP contribution in [-0.4, -0.2) is 38.2 Å². The third-order valence-corrected chi connectivity index (χ3v) is 5.69. The van der Waals surface area contributed by atoms with E-state index in [1.165, 1.54) is 27.4 Å². The second-order valence-electron chi connectivity index (χ2n) is 7.49. The molecular formula is C23H28O6. The zero-order valence-electron chi connectivity index (χ0n) is 18.0. The molecule has 1 aromatic rings. The van der Waals surface area contributed by atoms with Gasteiger partial charge in [0.1, 0.15) is 17.3 Å². The van der Waals surface area contributed by atoms with Crippen LogP contribution in [0.3, 0.4) is 0 Å². The Balaban J connectivity index is 2.49. The molecule has 29 heavy (non-hydrogen) atoms. The van der Waals surface area contributed by atoms with Gasteiger partial charge in [-0.25, -0.2) is 4.79 Å². The maximum Gasteiger partial charge on any atom is 0.336 e. The highest BCUT2D eigenvalue weighted by molar-refractivity contribution is 6.07. The molecule has 6 nitrogen and oxygen atoms in total. The molecule has 0 heterocycles. The molecule has 0 bridgehead atoms. The Kier molecular flexibility index (Phi) is 6.57. The molecule has 0 amide bonds. The van der Waals surface area contributed by atoms with Crippen LogP contribution in [0.1, 0.15) is 38.1 Å². The van der Waals surface area contributed by atoms with E-state index < -0.39 is 11.4 Å². The number of carboxylic acids is 1. The molecule has 1 atom stereocenters. The highest BCUT2D eigenvalue weighted by atomic mass is 16.5. The number of carbonyl (C=O) groups is 2. The van der Waals surface area contributed by atoms with Gasteiger partial charge in [-0.1, -0.05) is 25.5 Å². The lowest BCUT2D eigenvalue weighted by atomic mass is 9.66. The Labute approximate surface area is 171 Å². The smallest absolute Gasteiger partial charge is 0.336 e. The molecule has 0 fully saturated rings. The summed E-state index contributed by atoms with van der Waals surface area (Å²) in [5.41, 5.74) is 1.41. The molecule has 0 radical (unpaired) electrons. The molecule has 0 spiro atoms. The number of ether oxygens (including phenoxy) is 3. The first-order valence-corrected chi connectivity index (χ1v) is 9.24. The van der Waals surface area contributed by atoms with Crippen molar-refractivity contribution in [2.24, 2.45) is 11.3 Å². The van der Waals surface area contributed by atoms with Crippen LogP contribution in [0.15, 0.2) is 52.8 Å². The van der Waals surface area contributed by atoms with Gasteiger partial charge in [-0.15, -0.1) is 0 Å². The van der Waals surface area contributed by atoms with E-state index in [1.807, 2.05) is 20.8 Å². The molecule has 6 heteroatoms. The Hall–Kier alpha value is -3.02. The lowest BCUT2D eigenvalue weighted by molar-refractivity contribution is -0.132. The van der Waals surface area contributed by atoms with E-state index in [0.29, 0.717) is 28.4 Å². The van der Waals surface area contributed by atoms with Crippen LogP contribution in [0.2, 0.25) is 0 Å². The zero-order valence-corrected chi connectivity index (χ0v) is 18.0. The molecule has 0 saturated carbocycles. The van der Waals surface area contributed by atoms with Crippen molar-refractivity contribution >= 4 is 11.8 Å². The average Bonchev–Trinajstić information content (AvgIpc) is 2.68. The van der Waals surface area contributed by atoms with Gasteiger partial charge >= 0.3 is 5.97 Å². The maximum atomic E-state index is 12.9. The molecule has 2 rings (SSSR count). The summed E-state index contributed by atoms with van der Waals surface area (Å²) in [6.45, 7) is 7.44. The van der Waals surface area contributed by atoms with Gasteiger partial charge in [0.25, 0.3) is 0 Å². The highest BCUT2D eigenvalue weighted by Crippen LogP contribution is 2.48. The number of carbonyl (C=O) groups excluding carboxylic acids is 1. The molecule has 0 aliphatic heterocycles. The molecule has 1 aliphatic carbocycles. The number of aliphatic carboxylic acids is 1. The monoisotopic (exact) mass is 400 g/mol. The van der Waals surface area contributed by atoms with Gasteiger partial charge in [0.15, 0.2) is 5.78 Å². The van der Waals surface area contributed by atoms with E-state index in [-0.39, 0.29) is 17.3 Å². The fourth-order valence-corrected chi connectivity index (χ4v) is 3.73. The molecule has 0 saturated heterocycles. The number of methoxy groups -OCH3 is 3. The molecule has 1 N–H and O–H groups in total. The third-order valence-electron chi connectivity index (χ3n) is 5.69. The normalized spacial score (nSPS) is 18.8. The van der Waals surface area contributed by atoms with Crippen LogP contribution >= 0.6 is 0 Å². The minimum Gasteiger partial charge on any atom is -0.500 e.